The van der Waals surface area contributed by atoms with Gasteiger partial charge in [-0.05, 0) is 31.8 Å². The molecule has 1 aliphatic rings. The number of likely N-dealkylation sites (tertiary alicyclic amines) is 1. The lowest BCUT2D eigenvalue weighted by Gasteiger charge is -2.23. The minimum Gasteiger partial charge on any atom is -0.481 e. The molecular weight excluding hydrogens is 178 g/mol. The maximum absolute atomic E-state index is 11.0. The first-order valence-corrected chi connectivity index (χ1v) is 5.23. The Bertz CT molecular complexity index is 209. The maximum atomic E-state index is 11.0. The summed E-state index contributed by atoms with van der Waals surface area (Å²) in [5.74, 6) is -0.956. The van der Waals surface area contributed by atoms with E-state index in [1.54, 1.807) is 6.08 Å². The molecule has 3 heteroatoms. The van der Waals surface area contributed by atoms with Gasteiger partial charge in [0.2, 0.25) is 0 Å². The zero-order valence-corrected chi connectivity index (χ0v) is 8.78. The van der Waals surface area contributed by atoms with E-state index in [1.165, 1.54) is 12.8 Å². The Kier molecular flexibility index (Phi) is 4.14. The predicted molar refractivity (Wildman–Crippen MR) is 56.2 cm³/mol. The summed E-state index contributed by atoms with van der Waals surface area (Å²) >= 11 is 0. The van der Waals surface area contributed by atoms with Crippen molar-refractivity contribution in [3.05, 3.63) is 12.7 Å². The Morgan fingerprint density at radius 1 is 1.57 bits per heavy atom. The predicted octanol–water partition coefficient (Wildman–Crippen LogP) is 1.61. The first kappa shape index (κ1) is 11.2. The third-order valence-corrected chi connectivity index (χ3v) is 2.98. The van der Waals surface area contributed by atoms with Crippen LogP contribution in [0, 0.1) is 11.8 Å². The van der Waals surface area contributed by atoms with E-state index >= 15 is 0 Å². The van der Waals surface area contributed by atoms with Gasteiger partial charge in [-0.1, -0.05) is 13.0 Å². The summed E-state index contributed by atoms with van der Waals surface area (Å²) in [5.41, 5.74) is 0. The van der Waals surface area contributed by atoms with Gasteiger partial charge in [0.1, 0.15) is 0 Å². The number of aliphatic carboxylic acids is 1. The molecule has 0 aromatic carbocycles. The van der Waals surface area contributed by atoms with Crippen molar-refractivity contribution in [2.24, 2.45) is 11.8 Å². The van der Waals surface area contributed by atoms with Crippen molar-refractivity contribution in [1.29, 1.82) is 0 Å². The van der Waals surface area contributed by atoms with Gasteiger partial charge in [-0.2, -0.15) is 0 Å². The fourth-order valence-electron chi connectivity index (χ4n) is 1.88. The molecule has 14 heavy (non-hydrogen) atoms. The molecule has 0 bridgehead atoms. The van der Waals surface area contributed by atoms with Crippen LogP contribution in [0.5, 0.6) is 0 Å². The van der Waals surface area contributed by atoms with Crippen LogP contribution in [-0.2, 0) is 4.79 Å². The van der Waals surface area contributed by atoms with Crippen LogP contribution in [0.4, 0.5) is 0 Å². The topological polar surface area (TPSA) is 40.5 Å². The van der Waals surface area contributed by atoms with Crippen molar-refractivity contribution in [1.82, 2.24) is 4.90 Å². The number of allylic oxidation sites excluding steroid dienone is 1. The summed E-state index contributed by atoms with van der Waals surface area (Å²) in [7, 11) is 0. The summed E-state index contributed by atoms with van der Waals surface area (Å²) < 4.78 is 0. The minimum atomic E-state index is -0.704. The van der Waals surface area contributed by atoms with Crippen LogP contribution in [0.3, 0.4) is 0 Å². The zero-order valence-electron chi connectivity index (χ0n) is 8.78. The fourth-order valence-corrected chi connectivity index (χ4v) is 1.88. The fraction of sp³-hybridized carbons (Fsp3) is 0.727. The van der Waals surface area contributed by atoms with Crippen LogP contribution in [0.25, 0.3) is 0 Å². The first-order valence-electron chi connectivity index (χ1n) is 5.23. The van der Waals surface area contributed by atoms with Gasteiger partial charge < -0.3 is 10.0 Å². The monoisotopic (exact) mass is 197 g/mol. The summed E-state index contributed by atoms with van der Waals surface area (Å²) in [5, 5.41) is 9.06. The first-order chi connectivity index (χ1) is 6.65. The molecular formula is C11H19NO2. The normalized spacial score (nSPS) is 21.8. The second-order valence-corrected chi connectivity index (χ2v) is 4.05. The molecule has 1 heterocycles. The SMILES string of the molecule is C=CC(C)C(CN1CCCC1)C(=O)O. The van der Waals surface area contributed by atoms with E-state index in [0.29, 0.717) is 6.54 Å². The minimum absolute atomic E-state index is 0.0492. The lowest BCUT2D eigenvalue weighted by Crippen LogP contribution is -2.34. The van der Waals surface area contributed by atoms with Crippen LogP contribution < -0.4 is 0 Å². The molecule has 3 nitrogen and oxygen atoms in total. The molecule has 1 N–H and O–H groups in total. The number of carboxylic acid groups (broad SMARTS) is 1. The third kappa shape index (κ3) is 2.84. The van der Waals surface area contributed by atoms with Gasteiger partial charge in [0.25, 0.3) is 0 Å². The van der Waals surface area contributed by atoms with Crippen molar-refractivity contribution in [3.63, 3.8) is 0 Å². The lowest BCUT2D eigenvalue weighted by atomic mass is 9.94. The number of carbonyl (C=O) groups is 1. The number of carboxylic acids is 1. The van der Waals surface area contributed by atoms with E-state index in [1.807, 2.05) is 6.92 Å². The van der Waals surface area contributed by atoms with Crippen LogP contribution >= 0.6 is 0 Å². The molecule has 1 aliphatic heterocycles. The summed E-state index contributed by atoms with van der Waals surface area (Å²) in [6, 6.07) is 0. The molecule has 0 radical (unpaired) electrons. The molecule has 2 unspecified atom stereocenters. The van der Waals surface area contributed by atoms with E-state index in [4.69, 9.17) is 5.11 Å². The van der Waals surface area contributed by atoms with Gasteiger partial charge in [0.05, 0.1) is 5.92 Å². The largest absolute Gasteiger partial charge is 0.481 e. The van der Waals surface area contributed by atoms with E-state index < -0.39 is 5.97 Å². The smallest absolute Gasteiger partial charge is 0.308 e. The van der Waals surface area contributed by atoms with E-state index in [-0.39, 0.29) is 11.8 Å². The molecule has 1 fully saturated rings. The molecule has 0 aliphatic carbocycles. The van der Waals surface area contributed by atoms with Crippen molar-refractivity contribution < 1.29 is 9.90 Å². The van der Waals surface area contributed by atoms with Gasteiger partial charge in [-0.25, -0.2) is 0 Å². The second kappa shape index (κ2) is 5.15. The molecule has 1 saturated heterocycles. The van der Waals surface area contributed by atoms with Gasteiger partial charge in [-0.15, -0.1) is 6.58 Å². The van der Waals surface area contributed by atoms with Crippen LogP contribution in [0.2, 0.25) is 0 Å². The molecule has 2 atom stereocenters. The van der Waals surface area contributed by atoms with Gasteiger partial charge in [0.15, 0.2) is 0 Å². The molecule has 0 amide bonds. The lowest BCUT2D eigenvalue weighted by molar-refractivity contribution is -0.143. The Labute approximate surface area is 85.4 Å². The molecule has 1 rings (SSSR count). The van der Waals surface area contributed by atoms with Gasteiger partial charge >= 0.3 is 5.97 Å². The van der Waals surface area contributed by atoms with Crippen LogP contribution in [-0.4, -0.2) is 35.6 Å². The summed E-state index contributed by atoms with van der Waals surface area (Å²) in [4.78, 5) is 13.2. The highest BCUT2D eigenvalue weighted by Gasteiger charge is 2.26. The molecule has 0 saturated carbocycles. The second-order valence-electron chi connectivity index (χ2n) is 4.05. The van der Waals surface area contributed by atoms with Gasteiger partial charge in [0, 0.05) is 6.54 Å². The Morgan fingerprint density at radius 2 is 2.14 bits per heavy atom. The molecule has 80 valence electrons. The third-order valence-electron chi connectivity index (χ3n) is 2.98. The van der Waals surface area contributed by atoms with E-state index in [9.17, 15) is 4.79 Å². The standard InChI is InChI=1S/C11H19NO2/c1-3-9(2)10(11(13)14)8-12-6-4-5-7-12/h3,9-10H,1,4-8H2,2H3,(H,13,14). The maximum Gasteiger partial charge on any atom is 0.308 e. The van der Waals surface area contributed by atoms with E-state index in [0.717, 1.165) is 13.1 Å². The molecule has 0 aromatic heterocycles. The van der Waals surface area contributed by atoms with Crippen molar-refractivity contribution in [2.75, 3.05) is 19.6 Å². The quantitative estimate of drug-likeness (QED) is 0.681. The Morgan fingerprint density at radius 3 is 2.57 bits per heavy atom. The van der Waals surface area contributed by atoms with Crippen molar-refractivity contribution >= 4 is 5.97 Å². The molecule has 0 aromatic rings. The van der Waals surface area contributed by atoms with Crippen molar-refractivity contribution in [2.45, 2.75) is 19.8 Å². The van der Waals surface area contributed by atoms with Crippen LogP contribution in [0.1, 0.15) is 19.8 Å². The average Bonchev–Trinajstić information content (AvgIpc) is 2.65. The highest BCUT2D eigenvalue weighted by molar-refractivity contribution is 5.70. The Balaban J connectivity index is 2.49. The number of hydrogen-bond acceptors (Lipinski definition) is 2. The van der Waals surface area contributed by atoms with E-state index in [2.05, 4.69) is 11.5 Å². The summed E-state index contributed by atoms with van der Waals surface area (Å²) in [6.45, 7) is 8.34. The Hall–Kier alpha value is -0.830. The molecule has 0 spiro atoms. The highest BCUT2D eigenvalue weighted by atomic mass is 16.4. The number of hydrogen-bond donors (Lipinski definition) is 1. The van der Waals surface area contributed by atoms with Gasteiger partial charge in [-0.3, -0.25) is 4.79 Å². The number of nitrogens with zero attached hydrogens (tertiary/aromatic N) is 1. The summed E-state index contributed by atoms with van der Waals surface area (Å²) in [6.07, 6.45) is 4.14. The number of rotatable bonds is 5. The average molecular weight is 197 g/mol. The zero-order chi connectivity index (χ0) is 10.6. The van der Waals surface area contributed by atoms with Crippen LogP contribution in [0.15, 0.2) is 12.7 Å². The highest BCUT2D eigenvalue weighted by Crippen LogP contribution is 2.17. The van der Waals surface area contributed by atoms with Crippen molar-refractivity contribution in [3.8, 4) is 0 Å².